The van der Waals surface area contributed by atoms with Crippen LogP contribution in [0.15, 0.2) is 36.4 Å². The van der Waals surface area contributed by atoms with E-state index in [1.165, 1.54) is 11.1 Å². The van der Waals surface area contributed by atoms with Crippen LogP contribution in [0.4, 0.5) is 0 Å². The van der Waals surface area contributed by atoms with Gasteiger partial charge in [0, 0.05) is 18.3 Å². The van der Waals surface area contributed by atoms with E-state index in [9.17, 15) is 9.90 Å². The summed E-state index contributed by atoms with van der Waals surface area (Å²) in [4.78, 5) is 11.4. The standard InChI is InChI=1S/C20H26O3/c1-12-5-4-6-15(9-12)14(3)13(2)7-8-16-17-10-20(22)23-19(17)11-18(16)21/h4-9,13-14,16-19,21H,10-11H2,1-3H3/b8-7+/t13-,14+,16-,17-,18-,19+/m1/s1. The lowest BCUT2D eigenvalue weighted by Crippen LogP contribution is -2.18. The summed E-state index contributed by atoms with van der Waals surface area (Å²) in [6.07, 6.45) is 4.86. The number of hydrogen-bond acceptors (Lipinski definition) is 3. The highest BCUT2D eigenvalue weighted by Gasteiger charge is 2.48. The number of ether oxygens (including phenoxy) is 1. The van der Waals surface area contributed by atoms with Gasteiger partial charge in [-0.15, -0.1) is 0 Å². The van der Waals surface area contributed by atoms with Crippen LogP contribution in [0.2, 0.25) is 0 Å². The number of rotatable bonds is 4. The van der Waals surface area contributed by atoms with Gasteiger partial charge >= 0.3 is 5.97 Å². The molecule has 1 saturated carbocycles. The molecule has 3 nitrogen and oxygen atoms in total. The molecule has 1 saturated heterocycles. The van der Waals surface area contributed by atoms with Crippen molar-refractivity contribution < 1.29 is 14.6 Å². The molecule has 1 N–H and O–H groups in total. The molecule has 1 aromatic carbocycles. The third-order valence-corrected chi connectivity index (χ3v) is 5.57. The summed E-state index contributed by atoms with van der Waals surface area (Å²) in [5.74, 6) is 0.864. The van der Waals surface area contributed by atoms with Crippen LogP contribution in [-0.2, 0) is 9.53 Å². The van der Waals surface area contributed by atoms with Gasteiger partial charge < -0.3 is 9.84 Å². The van der Waals surface area contributed by atoms with Crippen LogP contribution >= 0.6 is 0 Å². The molecule has 0 radical (unpaired) electrons. The number of carbonyl (C=O) groups is 1. The molecule has 6 atom stereocenters. The SMILES string of the molecule is Cc1cccc([C@@H](C)[C@H](C)/C=C/[C@@H]2[C@H]3CC(=O)O[C@H]3C[C@H]2O)c1. The fourth-order valence-corrected chi connectivity index (χ4v) is 3.91. The predicted octanol–water partition coefficient (Wildman–Crippen LogP) is 3.60. The summed E-state index contributed by atoms with van der Waals surface area (Å²) >= 11 is 0. The summed E-state index contributed by atoms with van der Waals surface area (Å²) in [5.41, 5.74) is 2.62. The minimum Gasteiger partial charge on any atom is -0.462 e. The zero-order chi connectivity index (χ0) is 16.6. The van der Waals surface area contributed by atoms with Crippen molar-refractivity contribution in [1.82, 2.24) is 0 Å². The topological polar surface area (TPSA) is 46.5 Å². The first-order valence-corrected chi connectivity index (χ1v) is 8.58. The van der Waals surface area contributed by atoms with Crippen molar-refractivity contribution >= 4 is 5.97 Å². The molecule has 3 rings (SSSR count). The number of aryl methyl sites for hydroxylation is 1. The van der Waals surface area contributed by atoms with Crippen molar-refractivity contribution in [3.8, 4) is 0 Å². The van der Waals surface area contributed by atoms with Crippen molar-refractivity contribution in [2.45, 2.75) is 51.7 Å². The molecule has 23 heavy (non-hydrogen) atoms. The van der Waals surface area contributed by atoms with E-state index in [0.717, 1.165) is 0 Å². The van der Waals surface area contributed by atoms with Gasteiger partial charge in [0.1, 0.15) is 6.10 Å². The summed E-state index contributed by atoms with van der Waals surface area (Å²) < 4.78 is 5.29. The van der Waals surface area contributed by atoms with Crippen LogP contribution in [0.25, 0.3) is 0 Å². The first-order valence-electron chi connectivity index (χ1n) is 8.58. The van der Waals surface area contributed by atoms with Gasteiger partial charge in [0.2, 0.25) is 0 Å². The smallest absolute Gasteiger partial charge is 0.306 e. The van der Waals surface area contributed by atoms with E-state index in [0.29, 0.717) is 24.7 Å². The Labute approximate surface area is 138 Å². The summed E-state index contributed by atoms with van der Waals surface area (Å²) in [6, 6.07) is 8.62. The highest BCUT2D eigenvalue weighted by Crippen LogP contribution is 2.42. The molecular formula is C20H26O3. The van der Waals surface area contributed by atoms with E-state index >= 15 is 0 Å². The zero-order valence-electron chi connectivity index (χ0n) is 14.1. The van der Waals surface area contributed by atoms with E-state index < -0.39 is 6.10 Å². The number of fused-ring (bicyclic) bond motifs is 1. The number of hydrogen-bond donors (Lipinski definition) is 1. The molecule has 2 aliphatic rings. The van der Waals surface area contributed by atoms with Crippen LogP contribution in [0, 0.1) is 24.7 Å². The van der Waals surface area contributed by atoms with Crippen molar-refractivity contribution in [2.24, 2.45) is 17.8 Å². The summed E-state index contributed by atoms with van der Waals surface area (Å²) in [7, 11) is 0. The first kappa shape index (κ1) is 16.3. The number of carbonyl (C=O) groups excluding carboxylic acids is 1. The summed E-state index contributed by atoms with van der Waals surface area (Å²) in [5, 5.41) is 10.2. The Morgan fingerprint density at radius 1 is 1.35 bits per heavy atom. The maximum absolute atomic E-state index is 11.4. The van der Waals surface area contributed by atoms with Crippen molar-refractivity contribution in [1.29, 1.82) is 0 Å². The van der Waals surface area contributed by atoms with Gasteiger partial charge in [0.15, 0.2) is 0 Å². The van der Waals surface area contributed by atoms with Gasteiger partial charge in [-0.1, -0.05) is 55.8 Å². The molecule has 1 aliphatic heterocycles. The molecule has 124 valence electrons. The molecule has 2 fully saturated rings. The molecule has 1 heterocycles. The Morgan fingerprint density at radius 3 is 2.87 bits per heavy atom. The monoisotopic (exact) mass is 314 g/mol. The van der Waals surface area contributed by atoms with E-state index in [4.69, 9.17) is 4.74 Å². The molecule has 0 amide bonds. The van der Waals surface area contributed by atoms with Gasteiger partial charge in [-0.2, -0.15) is 0 Å². The van der Waals surface area contributed by atoms with Gasteiger partial charge in [0.05, 0.1) is 12.5 Å². The van der Waals surface area contributed by atoms with Gasteiger partial charge in [0.25, 0.3) is 0 Å². The lowest BCUT2D eigenvalue weighted by Gasteiger charge is -2.20. The van der Waals surface area contributed by atoms with Gasteiger partial charge in [-0.3, -0.25) is 4.79 Å². The number of aliphatic hydroxyl groups excluding tert-OH is 1. The Balaban J connectivity index is 1.68. The minimum atomic E-state index is -0.393. The largest absolute Gasteiger partial charge is 0.462 e. The summed E-state index contributed by atoms with van der Waals surface area (Å²) in [6.45, 7) is 6.56. The van der Waals surface area contributed by atoms with Crippen LogP contribution < -0.4 is 0 Å². The van der Waals surface area contributed by atoms with E-state index in [1.807, 2.05) is 0 Å². The number of benzene rings is 1. The first-order chi connectivity index (χ1) is 11.0. The van der Waals surface area contributed by atoms with Crippen LogP contribution in [-0.4, -0.2) is 23.3 Å². The number of aliphatic hydroxyl groups is 1. The molecule has 0 bridgehead atoms. The third kappa shape index (κ3) is 3.35. The number of allylic oxidation sites excluding steroid dienone is 1. The van der Waals surface area contributed by atoms with Gasteiger partial charge in [-0.05, 0) is 24.3 Å². The second-order valence-corrected chi connectivity index (χ2v) is 7.22. The fraction of sp³-hybridized carbons (Fsp3) is 0.550. The van der Waals surface area contributed by atoms with Gasteiger partial charge in [-0.25, -0.2) is 0 Å². The molecule has 0 unspecified atom stereocenters. The Morgan fingerprint density at radius 2 is 2.13 bits per heavy atom. The van der Waals surface area contributed by atoms with Crippen LogP contribution in [0.1, 0.15) is 43.7 Å². The maximum Gasteiger partial charge on any atom is 0.306 e. The van der Waals surface area contributed by atoms with E-state index in [-0.39, 0.29) is 23.9 Å². The molecular weight excluding hydrogens is 288 g/mol. The molecule has 0 aromatic heterocycles. The molecule has 1 aliphatic carbocycles. The molecule has 1 aromatic rings. The van der Waals surface area contributed by atoms with Crippen molar-refractivity contribution in [3.63, 3.8) is 0 Å². The Hall–Kier alpha value is -1.61. The van der Waals surface area contributed by atoms with Crippen molar-refractivity contribution in [3.05, 3.63) is 47.5 Å². The van der Waals surface area contributed by atoms with Crippen molar-refractivity contribution in [2.75, 3.05) is 0 Å². The maximum atomic E-state index is 11.4. The average Bonchev–Trinajstić information content (AvgIpc) is 2.99. The third-order valence-electron chi connectivity index (χ3n) is 5.57. The Bertz CT molecular complexity index is 607. The normalized spacial score (nSPS) is 32.8. The second-order valence-electron chi connectivity index (χ2n) is 7.22. The number of esters is 1. The fourth-order valence-electron chi connectivity index (χ4n) is 3.91. The lowest BCUT2D eigenvalue weighted by molar-refractivity contribution is -0.141. The molecule has 0 spiro atoms. The predicted molar refractivity (Wildman–Crippen MR) is 90.0 cm³/mol. The Kier molecular flexibility index (Phi) is 4.58. The molecule has 3 heteroatoms. The van der Waals surface area contributed by atoms with E-state index in [2.05, 4.69) is 57.2 Å². The van der Waals surface area contributed by atoms with E-state index in [1.54, 1.807) is 0 Å². The quantitative estimate of drug-likeness (QED) is 0.682. The average molecular weight is 314 g/mol. The lowest BCUT2D eigenvalue weighted by atomic mass is 9.85. The highest BCUT2D eigenvalue weighted by atomic mass is 16.6. The highest BCUT2D eigenvalue weighted by molar-refractivity contribution is 5.72. The van der Waals surface area contributed by atoms with Crippen LogP contribution in [0.3, 0.4) is 0 Å². The second kappa shape index (κ2) is 6.48. The van der Waals surface area contributed by atoms with Crippen LogP contribution in [0.5, 0.6) is 0 Å². The minimum absolute atomic E-state index is 0.0404. The zero-order valence-corrected chi connectivity index (χ0v) is 14.1.